The lowest BCUT2D eigenvalue weighted by atomic mass is 10.1. The molecule has 1 aromatic heterocycles. The molecule has 0 fully saturated rings. The number of imidazole rings is 1. The van der Waals surface area contributed by atoms with E-state index in [2.05, 4.69) is 65.9 Å². The van der Waals surface area contributed by atoms with E-state index in [1.165, 1.54) is 5.56 Å². The number of benzene rings is 2. The molecule has 1 atom stereocenters. The molecule has 0 aliphatic rings. The zero-order valence-electron chi connectivity index (χ0n) is 15.7. The van der Waals surface area contributed by atoms with Gasteiger partial charge in [-0.1, -0.05) is 48.5 Å². The number of nitrogens with one attached hydrogen (secondary N) is 2. The van der Waals surface area contributed by atoms with Gasteiger partial charge in [0.2, 0.25) is 0 Å². The van der Waals surface area contributed by atoms with Crippen LogP contribution in [0.4, 0.5) is 0 Å². The number of halogens is 1. The summed E-state index contributed by atoms with van der Waals surface area (Å²) in [5.41, 5.74) is 3.48. The molecule has 1 unspecified atom stereocenters. The lowest BCUT2D eigenvalue weighted by Gasteiger charge is -2.18. The maximum atomic E-state index is 4.78. The van der Waals surface area contributed by atoms with Crippen molar-refractivity contribution in [3.63, 3.8) is 0 Å². The quantitative estimate of drug-likeness (QED) is 0.318. The molecular formula is C21H26IN5. The lowest BCUT2D eigenvalue weighted by molar-refractivity contribution is 0.686. The van der Waals surface area contributed by atoms with Crippen molar-refractivity contribution >= 4 is 29.9 Å². The summed E-state index contributed by atoms with van der Waals surface area (Å²) in [6, 6.07) is 18.8. The third-order valence-electron chi connectivity index (χ3n) is 4.18. The van der Waals surface area contributed by atoms with Crippen LogP contribution in [-0.4, -0.2) is 22.1 Å². The molecule has 27 heavy (non-hydrogen) atoms. The molecule has 0 bridgehead atoms. The highest BCUT2D eigenvalue weighted by molar-refractivity contribution is 14.0. The highest BCUT2D eigenvalue weighted by atomic mass is 127. The number of nitrogens with zero attached hydrogens (tertiary/aromatic N) is 3. The van der Waals surface area contributed by atoms with Crippen molar-refractivity contribution in [3.8, 4) is 5.69 Å². The number of hydrogen-bond donors (Lipinski definition) is 2. The second-order valence-electron chi connectivity index (χ2n) is 6.07. The molecule has 2 N–H and O–H groups in total. The minimum absolute atomic E-state index is 0. The van der Waals surface area contributed by atoms with Crippen LogP contribution < -0.4 is 10.6 Å². The first kappa shape index (κ1) is 21.0. The Morgan fingerprint density at radius 1 is 1.11 bits per heavy atom. The summed E-state index contributed by atoms with van der Waals surface area (Å²) in [5.74, 6) is 0.810. The van der Waals surface area contributed by atoms with Crippen LogP contribution in [0.5, 0.6) is 0 Å². The minimum Gasteiger partial charge on any atom is -0.357 e. The van der Waals surface area contributed by atoms with Gasteiger partial charge in [-0.15, -0.1) is 24.0 Å². The predicted octanol–water partition coefficient (Wildman–Crippen LogP) is 4.31. The number of aliphatic imine (C=N–C) groups is 1. The Morgan fingerprint density at radius 3 is 2.56 bits per heavy atom. The molecule has 0 amide bonds. The van der Waals surface area contributed by atoms with Crippen LogP contribution in [0.3, 0.4) is 0 Å². The van der Waals surface area contributed by atoms with Gasteiger partial charge in [0, 0.05) is 18.9 Å². The van der Waals surface area contributed by atoms with E-state index in [0.29, 0.717) is 6.54 Å². The molecule has 5 nitrogen and oxygen atoms in total. The molecule has 0 aliphatic carbocycles. The summed E-state index contributed by atoms with van der Waals surface area (Å²) in [6.07, 6.45) is 5.54. The van der Waals surface area contributed by atoms with Crippen LogP contribution in [0.2, 0.25) is 0 Å². The van der Waals surface area contributed by atoms with E-state index in [9.17, 15) is 0 Å². The third-order valence-corrected chi connectivity index (χ3v) is 4.18. The number of aromatic nitrogens is 2. The van der Waals surface area contributed by atoms with Crippen LogP contribution in [-0.2, 0) is 6.54 Å². The molecule has 142 valence electrons. The average molecular weight is 475 g/mol. The second-order valence-corrected chi connectivity index (χ2v) is 6.07. The van der Waals surface area contributed by atoms with E-state index in [4.69, 9.17) is 4.99 Å². The van der Waals surface area contributed by atoms with Crippen LogP contribution in [0.1, 0.15) is 31.0 Å². The highest BCUT2D eigenvalue weighted by Gasteiger charge is 2.08. The monoisotopic (exact) mass is 475 g/mol. The van der Waals surface area contributed by atoms with Gasteiger partial charge < -0.3 is 15.2 Å². The maximum Gasteiger partial charge on any atom is 0.192 e. The van der Waals surface area contributed by atoms with E-state index in [0.717, 1.165) is 23.8 Å². The van der Waals surface area contributed by atoms with Crippen molar-refractivity contribution < 1.29 is 0 Å². The molecule has 0 saturated carbocycles. The summed E-state index contributed by atoms with van der Waals surface area (Å²) < 4.78 is 2.01. The molecule has 3 rings (SSSR count). The van der Waals surface area contributed by atoms with Crippen molar-refractivity contribution in [2.45, 2.75) is 26.4 Å². The van der Waals surface area contributed by atoms with Crippen molar-refractivity contribution in [2.24, 2.45) is 4.99 Å². The first-order chi connectivity index (χ1) is 12.8. The molecular weight excluding hydrogens is 449 g/mol. The molecule has 2 aromatic carbocycles. The van der Waals surface area contributed by atoms with Gasteiger partial charge in [0.05, 0.1) is 24.6 Å². The summed E-state index contributed by atoms with van der Waals surface area (Å²) >= 11 is 0. The highest BCUT2D eigenvalue weighted by Crippen LogP contribution is 2.15. The fourth-order valence-electron chi connectivity index (χ4n) is 2.81. The van der Waals surface area contributed by atoms with Crippen molar-refractivity contribution in [3.05, 3.63) is 84.4 Å². The van der Waals surface area contributed by atoms with Crippen LogP contribution in [0.15, 0.2) is 78.3 Å². The second kappa shape index (κ2) is 10.7. The van der Waals surface area contributed by atoms with Crippen molar-refractivity contribution in [1.82, 2.24) is 20.2 Å². The Balaban J connectivity index is 0.00000261. The van der Waals surface area contributed by atoms with E-state index < -0.39 is 0 Å². The summed E-state index contributed by atoms with van der Waals surface area (Å²) in [5, 5.41) is 6.81. The first-order valence-electron chi connectivity index (χ1n) is 8.94. The van der Waals surface area contributed by atoms with Gasteiger partial charge in [-0.2, -0.15) is 0 Å². The SMILES string of the molecule is CCNC(=NCc1ccccc1-n1ccnc1)NC(C)c1ccccc1.I. The zero-order valence-corrected chi connectivity index (χ0v) is 18.0. The number of hydrogen-bond acceptors (Lipinski definition) is 2. The number of rotatable bonds is 6. The first-order valence-corrected chi connectivity index (χ1v) is 8.94. The summed E-state index contributed by atoms with van der Waals surface area (Å²) in [6.45, 7) is 5.62. The van der Waals surface area contributed by atoms with Gasteiger partial charge in [0.25, 0.3) is 0 Å². The summed E-state index contributed by atoms with van der Waals surface area (Å²) in [7, 11) is 0. The van der Waals surface area contributed by atoms with E-state index in [1.54, 1.807) is 6.20 Å². The fraction of sp³-hybridized carbons (Fsp3) is 0.238. The maximum absolute atomic E-state index is 4.78. The molecule has 0 aliphatic heterocycles. The van der Waals surface area contributed by atoms with E-state index >= 15 is 0 Å². The lowest BCUT2D eigenvalue weighted by Crippen LogP contribution is -2.38. The molecule has 1 heterocycles. The van der Waals surface area contributed by atoms with Gasteiger partial charge in [0.15, 0.2) is 5.96 Å². The average Bonchev–Trinajstić information content (AvgIpc) is 3.22. The van der Waals surface area contributed by atoms with Crippen LogP contribution in [0.25, 0.3) is 5.69 Å². The smallest absolute Gasteiger partial charge is 0.192 e. The van der Waals surface area contributed by atoms with Crippen molar-refractivity contribution in [2.75, 3.05) is 6.54 Å². The molecule has 6 heteroatoms. The Morgan fingerprint density at radius 2 is 1.85 bits per heavy atom. The van der Waals surface area contributed by atoms with Crippen molar-refractivity contribution in [1.29, 1.82) is 0 Å². The van der Waals surface area contributed by atoms with Gasteiger partial charge in [-0.05, 0) is 31.0 Å². The topological polar surface area (TPSA) is 54.2 Å². The van der Waals surface area contributed by atoms with Gasteiger partial charge >= 0.3 is 0 Å². The minimum atomic E-state index is 0. The van der Waals surface area contributed by atoms with Crippen LogP contribution in [0, 0.1) is 0 Å². The van der Waals surface area contributed by atoms with E-state index in [1.807, 2.05) is 35.3 Å². The Kier molecular flexibility index (Phi) is 8.32. The summed E-state index contributed by atoms with van der Waals surface area (Å²) in [4.78, 5) is 8.92. The molecule has 0 saturated heterocycles. The Labute approximate surface area is 178 Å². The fourth-order valence-corrected chi connectivity index (χ4v) is 2.81. The molecule has 0 radical (unpaired) electrons. The predicted molar refractivity (Wildman–Crippen MR) is 122 cm³/mol. The molecule has 3 aromatic rings. The third kappa shape index (κ3) is 5.82. The van der Waals surface area contributed by atoms with Gasteiger partial charge in [-0.3, -0.25) is 0 Å². The van der Waals surface area contributed by atoms with Crippen LogP contribution >= 0.6 is 24.0 Å². The Bertz CT molecular complexity index is 831. The largest absolute Gasteiger partial charge is 0.357 e. The number of guanidine groups is 1. The van der Waals surface area contributed by atoms with Gasteiger partial charge in [-0.25, -0.2) is 9.98 Å². The Hall–Kier alpha value is -2.35. The normalized spacial score (nSPS) is 12.1. The molecule has 0 spiro atoms. The van der Waals surface area contributed by atoms with Gasteiger partial charge in [0.1, 0.15) is 0 Å². The zero-order chi connectivity index (χ0) is 18.2. The van der Waals surface area contributed by atoms with E-state index in [-0.39, 0.29) is 30.0 Å². The number of para-hydroxylation sites is 1. The standard InChI is InChI=1S/C21H25N5.HI/c1-3-23-21(25-17(2)18-9-5-4-6-10-18)24-15-19-11-7-8-12-20(19)26-14-13-22-16-26;/h4-14,16-17H,3,15H2,1-2H3,(H2,23,24,25);1H.